The van der Waals surface area contributed by atoms with Gasteiger partial charge in [0, 0.05) is 30.7 Å². The lowest BCUT2D eigenvalue weighted by atomic mass is 10.1. The van der Waals surface area contributed by atoms with E-state index in [0.717, 1.165) is 53.5 Å². The molecule has 14 heteroatoms. The lowest BCUT2D eigenvalue weighted by Gasteiger charge is -2.25. The van der Waals surface area contributed by atoms with Crippen LogP contribution >= 0.6 is 11.5 Å². The van der Waals surface area contributed by atoms with E-state index in [4.69, 9.17) is 0 Å². The molecule has 5 aromatic rings. The predicted molar refractivity (Wildman–Crippen MR) is 149 cm³/mol. The Morgan fingerprint density at radius 2 is 2.03 bits per heavy atom. The van der Waals surface area contributed by atoms with Crippen molar-refractivity contribution in [3.63, 3.8) is 0 Å². The van der Waals surface area contributed by atoms with Crippen LogP contribution < -0.4 is 10.0 Å². The zero-order valence-electron chi connectivity index (χ0n) is 21.2. The number of likely N-dealkylation sites (tertiary alicyclic amines) is 1. The molecule has 1 unspecified atom stereocenters. The third kappa shape index (κ3) is 5.82. The van der Waals surface area contributed by atoms with Crippen LogP contribution in [0.15, 0.2) is 49.3 Å². The molecule has 2 N–H and O–H groups in total. The molecule has 0 amide bonds. The molecule has 0 aliphatic carbocycles. The summed E-state index contributed by atoms with van der Waals surface area (Å²) in [6.45, 7) is 5.05. The van der Waals surface area contributed by atoms with Gasteiger partial charge in [-0.1, -0.05) is 6.42 Å². The number of rotatable bonds is 9. The Kier molecular flexibility index (Phi) is 7.30. The lowest BCUT2D eigenvalue weighted by Crippen LogP contribution is -2.29. The summed E-state index contributed by atoms with van der Waals surface area (Å²) < 4.78 is 37.1. The Morgan fingerprint density at radius 1 is 1.15 bits per heavy atom. The number of halogens is 1. The number of anilines is 3. The third-order valence-corrected chi connectivity index (χ3v) is 8.11. The zero-order chi connectivity index (χ0) is 26.8. The lowest BCUT2D eigenvalue weighted by molar-refractivity contribution is 0.219. The summed E-state index contributed by atoms with van der Waals surface area (Å²) in [7, 11) is -1.59. The van der Waals surface area contributed by atoms with Gasteiger partial charge in [-0.05, 0) is 56.5 Å². The van der Waals surface area contributed by atoms with E-state index in [2.05, 4.69) is 45.4 Å². The van der Waals surface area contributed by atoms with Gasteiger partial charge in [0.2, 0.25) is 0 Å². The standard InChI is InChI=1S/C25H27FN10OS2/c1-17-13-36-22(18-10-29-35(14-18)16-39(37)33-21-5-6-27-11-20(21)26)12-28-25(36)24(30-17)31-23-9-19(32-38-23)15-34-7-3-2-4-8-34/h5-6,9-14H,2-4,7-8,15-16H2,1H3,(H,27,33)(H,30,31). The highest BCUT2D eigenvalue weighted by Gasteiger charge is 2.16. The molecule has 1 aliphatic heterocycles. The Hall–Kier alpha value is -3.75. The number of fused-ring (bicyclic) bond motifs is 1. The minimum Gasteiger partial charge on any atom is -0.328 e. The number of imidazole rings is 1. The Balaban J connectivity index is 1.18. The van der Waals surface area contributed by atoms with E-state index in [0.29, 0.717) is 11.5 Å². The van der Waals surface area contributed by atoms with Gasteiger partial charge in [0.05, 0.1) is 41.4 Å². The van der Waals surface area contributed by atoms with Gasteiger partial charge in [-0.3, -0.25) is 19.0 Å². The van der Waals surface area contributed by atoms with Crippen LogP contribution in [0.3, 0.4) is 0 Å². The Labute approximate surface area is 230 Å². The zero-order valence-corrected chi connectivity index (χ0v) is 22.9. The average Bonchev–Trinajstić information content (AvgIpc) is 3.66. The van der Waals surface area contributed by atoms with Gasteiger partial charge < -0.3 is 10.0 Å². The van der Waals surface area contributed by atoms with Crippen LogP contribution in [0.4, 0.5) is 20.9 Å². The molecule has 0 saturated carbocycles. The molecule has 1 atom stereocenters. The van der Waals surface area contributed by atoms with Gasteiger partial charge in [-0.25, -0.2) is 18.6 Å². The minimum absolute atomic E-state index is 0.0387. The third-order valence-electron chi connectivity index (χ3n) is 6.42. The van der Waals surface area contributed by atoms with E-state index < -0.39 is 16.8 Å². The molecule has 5 aromatic heterocycles. The number of aryl methyl sites for hydroxylation is 1. The molecular formula is C25H27FN10OS2. The highest BCUT2D eigenvalue weighted by Crippen LogP contribution is 2.28. The highest BCUT2D eigenvalue weighted by atomic mass is 32.2. The molecule has 0 radical (unpaired) electrons. The molecule has 0 bridgehead atoms. The van der Waals surface area contributed by atoms with Crippen molar-refractivity contribution >= 4 is 44.7 Å². The van der Waals surface area contributed by atoms with Crippen molar-refractivity contribution in [2.75, 3.05) is 23.1 Å². The molecule has 1 fully saturated rings. The van der Waals surface area contributed by atoms with Crippen molar-refractivity contribution in [2.24, 2.45) is 0 Å². The number of hydrogen-bond donors (Lipinski definition) is 2. The van der Waals surface area contributed by atoms with Gasteiger partial charge >= 0.3 is 0 Å². The van der Waals surface area contributed by atoms with Gasteiger partial charge in [0.1, 0.15) is 21.9 Å². The normalized spacial score (nSPS) is 15.0. The summed E-state index contributed by atoms with van der Waals surface area (Å²) in [4.78, 5) is 15.5. The number of nitrogens with one attached hydrogen (secondary N) is 2. The molecule has 11 nitrogen and oxygen atoms in total. The second kappa shape index (κ2) is 11.2. The van der Waals surface area contributed by atoms with Crippen LogP contribution in [0.1, 0.15) is 30.7 Å². The average molecular weight is 567 g/mol. The first-order valence-electron chi connectivity index (χ1n) is 12.6. The highest BCUT2D eigenvalue weighted by molar-refractivity contribution is 7.85. The number of piperidine rings is 1. The monoisotopic (exact) mass is 566 g/mol. The van der Waals surface area contributed by atoms with Crippen LogP contribution in [0.25, 0.3) is 16.9 Å². The van der Waals surface area contributed by atoms with E-state index in [1.54, 1.807) is 23.3 Å². The fourth-order valence-corrected chi connectivity index (χ4v) is 6.13. The van der Waals surface area contributed by atoms with Crippen LogP contribution in [0.2, 0.25) is 0 Å². The molecular weight excluding hydrogens is 539 g/mol. The fraction of sp³-hybridized carbons (Fsp3) is 0.320. The predicted octanol–water partition coefficient (Wildman–Crippen LogP) is 4.35. The molecule has 0 aromatic carbocycles. The molecule has 6 rings (SSSR count). The van der Waals surface area contributed by atoms with Crippen LogP contribution in [0.5, 0.6) is 0 Å². The van der Waals surface area contributed by atoms with E-state index >= 15 is 0 Å². The van der Waals surface area contributed by atoms with Gasteiger partial charge in [0.25, 0.3) is 0 Å². The van der Waals surface area contributed by atoms with E-state index in [1.165, 1.54) is 43.1 Å². The summed E-state index contributed by atoms with van der Waals surface area (Å²) in [5, 5.41) is 8.67. The number of pyridine rings is 1. The van der Waals surface area contributed by atoms with Gasteiger partial charge in [0.15, 0.2) is 17.3 Å². The summed E-state index contributed by atoms with van der Waals surface area (Å²) in [6, 6.07) is 3.52. The molecule has 0 spiro atoms. The van der Waals surface area contributed by atoms with Gasteiger partial charge in [-0.15, -0.1) is 0 Å². The summed E-state index contributed by atoms with van der Waals surface area (Å²) in [5.74, 6) is 0.117. The number of hydrogen-bond acceptors (Lipinski definition) is 9. The van der Waals surface area contributed by atoms with Gasteiger partial charge in [-0.2, -0.15) is 9.47 Å². The van der Waals surface area contributed by atoms with Crippen molar-refractivity contribution in [1.82, 2.24) is 38.4 Å². The Morgan fingerprint density at radius 3 is 2.87 bits per heavy atom. The van der Waals surface area contributed by atoms with Crippen LogP contribution in [0, 0.1) is 12.7 Å². The smallest absolute Gasteiger partial charge is 0.180 e. The Bertz CT molecular complexity index is 1620. The van der Waals surface area contributed by atoms with Crippen molar-refractivity contribution in [3.8, 4) is 11.3 Å². The first-order valence-corrected chi connectivity index (χ1v) is 14.7. The van der Waals surface area contributed by atoms with Crippen molar-refractivity contribution in [3.05, 3.63) is 66.5 Å². The maximum atomic E-state index is 13.8. The largest absolute Gasteiger partial charge is 0.328 e. The SMILES string of the molecule is Cc1cn2c(-c3cnn(CS(=O)Nc4ccncc4F)c3)cnc2c(Nc2cc(CN3CCCCC3)ns2)n1. The van der Waals surface area contributed by atoms with E-state index in [-0.39, 0.29) is 11.6 Å². The van der Waals surface area contributed by atoms with E-state index in [9.17, 15) is 8.60 Å². The number of aromatic nitrogens is 7. The van der Waals surface area contributed by atoms with Crippen molar-refractivity contribution < 1.29 is 8.60 Å². The maximum absolute atomic E-state index is 13.8. The van der Waals surface area contributed by atoms with Crippen LogP contribution in [-0.4, -0.2) is 55.7 Å². The second-order valence-electron chi connectivity index (χ2n) is 9.41. The van der Waals surface area contributed by atoms with Crippen molar-refractivity contribution in [2.45, 2.75) is 38.6 Å². The van der Waals surface area contributed by atoms with Crippen molar-refractivity contribution in [1.29, 1.82) is 0 Å². The fourth-order valence-electron chi connectivity index (χ4n) is 4.61. The van der Waals surface area contributed by atoms with Crippen LogP contribution in [-0.2, 0) is 23.4 Å². The molecule has 202 valence electrons. The second-order valence-corrected chi connectivity index (χ2v) is 11.4. The topological polar surface area (TPSA) is 118 Å². The molecule has 1 saturated heterocycles. The van der Waals surface area contributed by atoms with E-state index in [1.807, 2.05) is 17.5 Å². The summed E-state index contributed by atoms with van der Waals surface area (Å²) in [6.07, 6.45) is 13.5. The minimum atomic E-state index is -1.59. The first-order chi connectivity index (χ1) is 19.0. The summed E-state index contributed by atoms with van der Waals surface area (Å²) in [5.41, 5.74) is 4.29. The first kappa shape index (κ1) is 25.5. The number of nitrogens with zero attached hydrogens (tertiary/aromatic N) is 8. The molecule has 39 heavy (non-hydrogen) atoms. The quantitative estimate of drug-likeness (QED) is 0.270. The molecule has 1 aliphatic rings. The summed E-state index contributed by atoms with van der Waals surface area (Å²) >= 11 is 1.42. The molecule has 6 heterocycles. The maximum Gasteiger partial charge on any atom is 0.180 e.